The van der Waals surface area contributed by atoms with Gasteiger partial charge in [0.1, 0.15) is 23.9 Å². The lowest BCUT2D eigenvalue weighted by atomic mass is 10.0. The molecule has 8 nitrogen and oxygen atoms in total. The van der Waals surface area contributed by atoms with Crippen LogP contribution in [0.4, 0.5) is 0 Å². The van der Waals surface area contributed by atoms with Crippen LogP contribution in [0.3, 0.4) is 0 Å². The third-order valence-corrected chi connectivity index (χ3v) is 8.53. The molecule has 0 saturated carbocycles. The highest BCUT2D eigenvalue weighted by Gasteiger charge is 2.23. The Kier molecular flexibility index (Phi) is 12.7. The number of rotatable bonds is 16. The Balaban J connectivity index is 1.39. The van der Waals surface area contributed by atoms with Crippen molar-refractivity contribution in [1.29, 1.82) is 0 Å². The van der Waals surface area contributed by atoms with Gasteiger partial charge in [-0.1, -0.05) is 72.9 Å². The van der Waals surface area contributed by atoms with Crippen LogP contribution < -0.4 is 14.8 Å². The molecule has 0 aliphatic carbocycles. The topological polar surface area (TPSA) is 103 Å². The number of aryl methyl sites for hydroxylation is 1. The number of ether oxygens (including phenoxy) is 2. The van der Waals surface area contributed by atoms with E-state index < -0.39 is 12.0 Å². The van der Waals surface area contributed by atoms with Gasteiger partial charge >= 0.3 is 5.97 Å². The van der Waals surface area contributed by atoms with Crippen molar-refractivity contribution in [3.63, 3.8) is 0 Å². The van der Waals surface area contributed by atoms with E-state index in [4.69, 9.17) is 42.8 Å². The fraction of sp³-hybridized carbons (Fsp3) is 0.225. The molecule has 0 radical (unpaired) electrons. The van der Waals surface area contributed by atoms with Crippen LogP contribution in [0.15, 0.2) is 103 Å². The molecule has 0 aliphatic rings. The highest BCUT2D eigenvalue weighted by atomic mass is 35.5. The van der Waals surface area contributed by atoms with Gasteiger partial charge in [0.15, 0.2) is 0 Å². The van der Waals surface area contributed by atoms with Crippen LogP contribution in [-0.4, -0.2) is 33.1 Å². The van der Waals surface area contributed by atoms with E-state index in [0.717, 1.165) is 47.4 Å². The minimum atomic E-state index is -0.968. The number of carboxylic acids is 1. The molecule has 1 aromatic heterocycles. The zero-order valence-corrected chi connectivity index (χ0v) is 29.5. The van der Waals surface area contributed by atoms with Crippen molar-refractivity contribution < 1.29 is 24.2 Å². The summed E-state index contributed by atoms with van der Waals surface area (Å²) in [5, 5.41) is 13.4. The first-order chi connectivity index (χ1) is 24.2. The summed E-state index contributed by atoms with van der Waals surface area (Å²) in [6.07, 6.45) is 7.67. The third kappa shape index (κ3) is 10.00. The molecule has 5 rings (SSSR count). The van der Waals surface area contributed by atoms with Crippen molar-refractivity contribution in [3.05, 3.63) is 141 Å². The standard InChI is InChI=1S/C40H39Cl2N3O5/c1-3-5-22-45-25-37(34-20-15-31(41)24-35(34)42)44-39(45)36(43-38(46)21-12-27-8-16-32(17-9-27)49-4-2)23-28-10-18-33(19-11-28)50-26-29-6-13-30(14-7-29)40(47)48/h6-21,24-25,36H,3-5,22-23,26H2,1-2H3,(H,43,46)(H,47,48)/t36-/m0/s1. The number of aromatic carboxylic acids is 1. The molecule has 0 saturated heterocycles. The van der Waals surface area contributed by atoms with Crippen molar-refractivity contribution in [2.45, 2.75) is 52.3 Å². The number of nitrogens with one attached hydrogen (secondary N) is 1. The summed E-state index contributed by atoms with van der Waals surface area (Å²) in [5.74, 6) is 0.930. The fourth-order valence-electron chi connectivity index (χ4n) is 5.35. The number of carbonyl (C=O) groups excluding carboxylic acids is 1. The Morgan fingerprint density at radius 3 is 2.24 bits per heavy atom. The highest BCUT2D eigenvalue weighted by molar-refractivity contribution is 6.36. The Hall–Kier alpha value is -5.05. The lowest BCUT2D eigenvalue weighted by Gasteiger charge is -2.20. The smallest absolute Gasteiger partial charge is 0.335 e. The number of carbonyl (C=O) groups is 2. The first-order valence-corrected chi connectivity index (χ1v) is 17.3. The van der Waals surface area contributed by atoms with Crippen molar-refractivity contribution in [2.75, 3.05) is 6.61 Å². The van der Waals surface area contributed by atoms with Crippen molar-refractivity contribution in [3.8, 4) is 22.8 Å². The van der Waals surface area contributed by atoms with E-state index in [1.165, 1.54) is 6.08 Å². The van der Waals surface area contributed by atoms with Gasteiger partial charge in [-0.2, -0.15) is 0 Å². The van der Waals surface area contributed by atoms with Gasteiger partial charge < -0.3 is 24.5 Å². The van der Waals surface area contributed by atoms with Gasteiger partial charge in [0.05, 0.1) is 28.9 Å². The van der Waals surface area contributed by atoms with Crippen molar-refractivity contribution >= 4 is 41.2 Å². The fourth-order valence-corrected chi connectivity index (χ4v) is 5.86. The largest absolute Gasteiger partial charge is 0.494 e. The van der Waals surface area contributed by atoms with Gasteiger partial charge in [0.2, 0.25) is 5.91 Å². The molecular formula is C40H39Cl2N3O5. The van der Waals surface area contributed by atoms with E-state index in [2.05, 4.69) is 16.8 Å². The minimum Gasteiger partial charge on any atom is -0.494 e. The summed E-state index contributed by atoms with van der Waals surface area (Å²) in [6, 6.07) is 26.7. The van der Waals surface area contributed by atoms with E-state index in [0.29, 0.717) is 46.9 Å². The molecule has 0 unspecified atom stereocenters. The molecule has 10 heteroatoms. The maximum absolute atomic E-state index is 13.4. The zero-order chi connectivity index (χ0) is 35.5. The summed E-state index contributed by atoms with van der Waals surface area (Å²) in [5.41, 5.74) is 4.38. The van der Waals surface area contributed by atoms with Crippen LogP contribution in [0.2, 0.25) is 10.0 Å². The van der Waals surface area contributed by atoms with E-state index >= 15 is 0 Å². The minimum absolute atomic E-state index is 0.227. The quantitative estimate of drug-likeness (QED) is 0.0989. The molecule has 1 amide bonds. The predicted molar refractivity (Wildman–Crippen MR) is 198 cm³/mol. The Morgan fingerprint density at radius 1 is 0.900 bits per heavy atom. The summed E-state index contributed by atoms with van der Waals surface area (Å²) in [6.45, 7) is 5.67. The van der Waals surface area contributed by atoms with E-state index in [9.17, 15) is 9.59 Å². The molecular weight excluding hydrogens is 673 g/mol. The number of amides is 1. The van der Waals surface area contributed by atoms with Crippen LogP contribution in [0.5, 0.6) is 11.5 Å². The maximum atomic E-state index is 13.4. The second-order valence-electron chi connectivity index (χ2n) is 11.7. The van der Waals surface area contributed by atoms with Gasteiger partial charge in [-0.15, -0.1) is 0 Å². The third-order valence-electron chi connectivity index (χ3n) is 7.98. The lowest BCUT2D eigenvalue weighted by Crippen LogP contribution is -2.30. The first kappa shape index (κ1) is 36.2. The van der Waals surface area contributed by atoms with Gasteiger partial charge in [0, 0.05) is 29.4 Å². The predicted octanol–water partition coefficient (Wildman–Crippen LogP) is 9.45. The second-order valence-corrected chi connectivity index (χ2v) is 12.5. The average molecular weight is 713 g/mol. The molecule has 0 fully saturated rings. The number of benzene rings is 4. The number of halogens is 2. The lowest BCUT2D eigenvalue weighted by molar-refractivity contribution is -0.117. The number of carboxylic acid groups (broad SMARTS) is 1. The number of imidazole rings is 1. The number of hydrogen-bond donors (Lipinski definition) is 2. The van der Waals surface area contributed by atoms with Crippen LogP contribution in [0.25, 0.3) is 17.3 Å². The monoisotopic (exact) mass is 711 g/mol. The van der Waals surface area contributed by atoms with Crippen LogP contribution in [0.1, 0.15) is 65.6 Å². The Labute approximate surface area is 302 Å². The molecule has 258 valence electrons. The van der Waals surface area contributed by atoms with Crippen LogP contribution >= 0.6 is 23.2 Å². The maximum Gasteiger partial charge on any atom is 0.335 e. The molecule has 5 aromatic rings. The number of aromatic nitrogens is 2. The molecule has 1 atom stereocenters. The first-order valence-electron chi connectivity index (χ1n) is 16.5. The van der Waals surface area contributed by atoms with Crippen LogP contribution in [0, 0.1) is 0 Å². The van der Waals surface area contributed by atoms with E-state index in [1.807, 2.05) is 67.7 Å². The summed E-state index contributed by atoms with van der Waals surface area (Å²) in [4.78, 5) is 29.6. The molecule has 1 heterocycles. The summed E-state index contributed by atoms with van der Waals surface area (Å²) >= 11 is 12.8. The normalized spacial score (nSPS) is 11.8. The number of unbranched alkanes of at least 4 members (excludes halogenated alkanes) is 1. The number of nitrogens with zero attached hydrogens (tertiary/aromatic N) is 2. The van der Waals surface area contributed by atoms with E-state index in [-0.39, 0.29) is 11.5 Å². The molecule has 0 spiro atoms. The summed E-state index contributed by atoms with van der Waals surface area (Å²) < 4.78 is 13.6. The molecule has 50 heavy (non-hydrogen) atoms. The van der Waals surface area contributed by atoms with Gasteiger partial charge in [0.25, 0.3) is 0 Å². The zero-order valence-electron chi connectivity index (χ0n) is 27.9. The van der Waals surface area contributed by atoms with E-state index in [1.54, 1.807) is 42.5 Å². The second kappa shape index (κ2) is 17.6. The van der Waals surface area contributed by atoms with Crippen LogP contribution in [-0.2, 0) is 24.4 Å². The highest BCUT2D eigenvalue weighted by Crippen LogP contribution is 2.32. The van der Waals surface area contributed by atoms with Gasteiger partial charge in [-0.3, -0.25) is 4.79 Å². The summed E-state index contributed by atoms with van der Waals surface area (Å²) in [7, 11) is 0. The average Bonchev–Trinajstić information content (AvgIpc) is 3.54. The molecule has 4 aromatic carbocycles. The molecule has 0 bridgehead atoms. The van der Waals surface area contributed by atoms with Gasteiger partial charge in [-0.05, 0) is 97.1 Å². The molecule has 0 aliphatic heterocycles. The van der Waals surface area contributed by atoms with Crippen molar-refractivity contribution in [2.24, 2.45) is 0 Å². The Bertz CT molecular complexity index is 1920. The molecule has 2 N–H and O–H groups in total. The van der Waals surface area contributed by atoms with Crippen molar-refractivity contribution in [1.82, 2.24) is 14.9 Å². The van der Waals surface area contributed by atoms with Gasteiger partial charge in [-0.25, -0.2) is 9.78 Å². The Morgan fingerprint density at radius 2 is 1.58 bits per heavy atom. The number of hydrogen-bond acceptors (Lipinski definition) is 5. The SMILES string of the molecule is CCCCn1cc(-c2ccc(Cl)cc2Cl)nc1[C@H](Cc1ccc(OCc2ccc(C(=O)O)cc2)cc1)NC(=O)C=Cc1ccc(OCC)cc1.